The summed E-state index contributed by atoms with van der Waals surface area (Å²) in [6.07, 6.45) is 5.50. The van der Waals surface area contributed by atoms with E-state index >= 15 is 0 Å². The van der Waals surface area contributed by atoms with E-state index < -0.39 is 0 Å². The van der Waals surface area contributed by atoms with Gasteiger partial charge in [0.2, 0.25) is 0 Å². The van der Waals surface area contributed by atoms with Crippen LogP contribution in [0.4, 0.5) is 0 Å². The Hall–Kier alpha value is -0.860. The molecule has 2 heteroatoms. The Morgan fingerprint density at radius 3 is 2.61 bits per heavy atom. The Bertz CT molecular complexity index is 381. The average Bonchev–Trinajstić information content (AvgIpc) is 3.15. The predicted molar refractivity (Wildman–Crippen MR) is 75.8 cm³/mol. The summed E-state index contributed by atoms with van der Waals surface area (Å²) >= 11 is 0. The molecule has 2 fully saturated rings. The third kappa shape index (κ3) is 2.76. The minimum Gasteiger partial charge on any atom is -0.318 e. The van der Waals surface area contributed by atoms with Crippen LogP contribution in [-0.4, -0.2) is 31.1 Å². The minimum absolute atomic E-state index is 0.734. The molecule has 1 saturated carbocycles. The Morgan fingerprint density at radius 1 is 1.17 bits per heavy atom. The van der Waals surface area contributed by atoms with E-state index in [0.717, 1.165) is 25.0 Å². The number of hydrogen-bond donors (Lipinski definition) is 1. The second-order valence-corrected chi connectivity index (χ2v) is 5.84. The van der Waals surface area contributed by atoms with Crippen molar-refractivity contribution in [2.45, 2.75) is 44.2 Å². The van der Waals surface area contributed by atoms with E-state index in [0.29, 0.717) is 0 Å². The first kappa shape index (κ1) is 12.2. The number of likely N-dealkylation sites (tertiary alicyclic amines) is 1. The van der Waals surface area contributed by atoms with Crippen molar-refractivity contribution < 1.29 is 0 Å². The van der Waals surface area contributed by atoms with Crippen LogP contribution in [0.3, 0.4) is 0 Å². The second kappa shape index (κ2) is 5.41. The summed E-state index contributed by atoms with van der Waals surface area (Å²) < 4.78 is 0. The summed E-state index contributed by atoms with van der Waals surface area (Å²) in [5.74, 6) is 0.878. The molecule has 3 rings (SSSR count). The molecule has 1 unspecified atom stereocenters. The van der Waals surface area contributed by atoms with E-state index in [9.17, 15) is 0 Å². The molecule has 98 valence electrons. The number of benzene rings is 1. The van der Waals surface area contributed by atoms with E-state index in [1.165, 1.54) is 37.8 Å². The second-order valence-electron chi connectivity index (χ2n) is 5.84. The van der Waals surface area contributed by atoms with Crippen LogP contribution in [0.15, 0.2) is 24.3 Å². The van der Waals surface area contributed by atoms with E-state index in [4.69, 9.17) is 0 Å². The lowest BCUT2D eigenvalue weighted by Crippen LogP contribution is -2.36. The molecule has 1 atom stereocenters. The SMILES string of the molecule is CNCC1CCCN1Cc1ccc(C2CC2)cc1. The van der Waals surface area contributed by atoms with Crippen LogP contribution in [-0.2, 0) is 6.54 Å². The molecule has 1 N–H and O–H groups in total. The molecule has 1 aliphatic heterocycles. The molecule has 2 nitrogen and oxygen atoms in total. The molecule has 1 heterocycles. The molecule has 18 heavy (non-hydrogen) atoms. The van der Waals surface area contributed by atoms with Gasteiger partial charge in [0.1, 0.15) is 0 Å². The summed E-state index contributed by atoms with van der Waals surface area (Å²) in [6.45, 7) is 3.51. The normalized spacial score (nSPS) is 24.6. The number of hydrogen-bond acceptors (Lipinski definition) is 2. The van der Waals surface area contributed by atoms with Gasteiger partial charge in [0, 0.05) is 19.1 Å². The predicted octanol–water partition coefficient (Wildman–Crippen LogP) is 2.75. The molecule has 1 aromatic carbocycles. The maximum absolute atomic E-state index is 3.32. The molecule has 0 spiro atoms. The smallest absolute Gasteiger partial charge is 0.0237 e. The number of nitrogens with one attached hydrogen (secondary N) is 1. The number of likely N-dealkylation sites (N-methyl/N-ethyl adjacent to an activating group) is 1. The Morgan fingerprint density at radius 2 is 1.94 bits per heavy atom. The zero-order valence-electron chi connectivity index (χ0n) is 11.4. The van der Waals surface area contributed by atoms with Crippen molar-refractivity contribution in [1.82, 2.24) is 10.2 Å². The standard InChI is InChI=1S/C16H24N2/c1-17-11-16-3-2-10-18(16)12-13-4-6-14(7-5-13)15-8-9-15/h4-7,15-17H,2-3,8-12H2,1H3. The molecular weight excluding hydrogens is 220 g/mol. The lowest BCUT2D eigenvalue weighted by atomic mass is 10.1. The first-order valence-electron chi connectivity index (χ1n) is 7.34. The number of rotatable bonds is 5. The van der Waals surface area contributed by atoms with Gasteiger partial charge in [-0.05, 0) is 56.3 Å². The fraction of sp³-hybridized carbons (Fsp3) is 0.625. The van der Waals surface area contributed by atoms with Crippen molar-refractivity contribution in [2.75, 3.05) is 20.1 Å². The van der Waals surface area contributed by atoms with Crippen LogP contribution in [0.25, 0.3) is 0 Å². The van der Waals surface area contributed by atoms with Crippen LogP contribution >= 0.6 is 0 Å². The monoisotopic (exact) mass is 244 g/mol. The quantitative estimate of drug-likeness (QED) is 0.857. The van der Waals surface area contributed by atoms with Crippen LogP contribution in [0.2, 0.25) is 0 Å². The van der Waals surface area contributed by atoms with Crippen molar-refractivity contribution in [3.8, 4) is 0 Å². The fourth-order valence-electron chi connectivity index (χ4n) is 3.12. The molecule has 0 radical (unpaired) electrons. The van der Waals surface area contributed by atoms with Crippen molar-refractivity contribution in [3.63, 3.8) is 0 Å². The zero-order chi connectivity index (χ0) is 12.4. The van der Waals surface area contributed by atoms with Crippen molar-refractivity contribution >= 4 is 0 Å². The first-order chi connectivity index (χ1) is 8.86. The zero-order valence-corrected chi connectivity index (χ0v) is 11.4. The summed E-state index contributed by atoms with van der Waals surface area (Å²) in [5, 5.41) is 3.32. The number of nitrogens with zero attached hydrogens (tertiary/aromatic N) is 1. The topological polar surface area (TPSA) is 15.3 Å². The van der Waals surface area contributed by atoms with Gasteiger partial charge in [-0.3, -0.25) is 4.90 Å². The maximum Gasteiger partial charge on any atom is 0.0237 e. The first-order valence-corrected chi connectivity index (χ1v) is 7.34. The van der Waals surface area contributed by atoms with Gasteiger partial charge in [-0.1, -0.05) is 24.3 Å². The molecule has 0 aromatic heterocycles. The Kier molecular flexibility index (Phi) is 3.67. The van der Waals surface area contributed by atoms with Gasteiger partial charge in [-0.25, -0.2) is 0 Å². The van der Waals surface area contributed by atoms with Crippen LogP contribution < -0.4 is 5.32 Å². The van der Waals surface area contributed by atoms with Crippen LogP contribution in [0.1, 0.15) is 42.7 Å². The third-order valence-electron chi connectivity index (χ3n) is 4.35. The molecule has 1 aliphatic carbocycles. The largest absolute Gasteiger partial charge is 0.318 e. The Balaban J connectivity index is 1.60. The molecule has 0 amide bonds. The fourth-order valence-corrected chi connectivity index (χ4v) is 3.12. The highest BCUT2D eigenvalue weighted by Crippen LogP contribution is 2.39. The van der Waals surface area contributed by atoms with Gasteiger partial charge in [-0.2, -0.15) is 0 Å². The molecule has 2 aliphatic rings. The van der Waals surface area contributed by atoms with Gasteiger partial charge in [-0.15, -0.1) is 0 Å². The van der Waals surface area contributed by atoms with E-state index in [1.807, 2.05) is 0 Å². The van der Waals surface area contributed by atoms with Crippen LogP contribution in [0, 0.1) is 0 Å². The van der Waals surface area contributed by atoms with Gasteiger partial charge in [0.15, 0.2) is 0 Å². The van der Waals surface area contributed by atoms with Crippen LogP contribution in [0.5, 0.6) is 0 Å². The maximum atomic E-state index is 3.32. The van der Waals surface area contributed by atoms with Gasteiger partial charge in [0.05, 0.1) is 0 Å². The molecule has 1 aromatic rings. The third-order valence-corrected chi connectivity index (χ3v) is 4.35. The van der Waals surface area contributed by atoms with Crippen molar-refractivity contribution in [2.24, 2.45) is 0 Å². The van der Waals surface area contributed by atoms with E-state index in [2.05, 4.69) is 41.5 Å². The average molecular weight is 244 g/mol. The lowest BCUT2D eigenvalue weighted by molar-refractivity contribution is 0.242. The van der Waals surface area contributed by atoms with Crippen molar-refractivity contribution in [3.05, 3.63) is 35.4 Å². The van der Waals surface area contributed by atoms with E-state index in [1.54, 1.807) is 5.56 Å². The summed E-state index contributed by atoms with van der Waals surface area (Å²) in [7, 11) is 2.06. The molecule has 1 saturated heterocycles. The highest BCUT2D eigenvalue weighted by atomic mass is 15.2. The molecular formula is C16H24N2. The van der Waals surface area contributed by atoms with E-state index in [-0.39, 0.29) is 0 Å². The summed E-state index contributed by atoms with van der Waals surface area (Å²) in [4.78, 5) is 2.63. The van der Waals surface area contributed by atoms with Gasteiger partial charge in [0.25, 0.3) is 0 Å². The van der Waals surface area contributed by atoms with Gasteiger partial charge < -0.3 is 5.32 Å². The minimum atomic E-state index is 0.734. The Labute approximate surface area is 110 Å². The summed E-state index contributed by atoms with van der Waals surface area (Å²) in [5.41, 5.74) is 3.02. The highest BCUT2D eigenvalue weighted by molar-refractivity contribution is 5.28. The van der Waals surface area contributed by atoms with Gasteiger partial charge >= 0.3 is 0 Å². The summed E-state index contributed by atoms with van der Waals surface area (Å²) in [6, 6.07) is 10.1. The molecule has 0 bridgehead atoms. The van der Waals surface area contributed by atoms with Crippen molar-refractivity contribution in [1.29, 1.82) is 0 Å². The highest BCUT2D eigenvalue weighted by Gasteiger charge is 2.25. The lowest BCUT2D eigenvalue weighted by Gasteiger charge is -2.24.